The summed E-state index contributed by atoms with van der Waals surface area (Å²) in [5.41, 5.74) is 1.05. The summed E-state index contributed by atoms with van der Waals surface area (Å²) in [5, 5.41) is 4.31. The van der Waals surface area contributed by atoms with E-state index < -0.39 is 0 Å². The molecule has 142 valence electrons. The van der Waals surface area contributed by atoms with Gasteiger partial charge in [-0.2, -0.15) is 5.10 Å². The van der Waals surface area contributed by atoms with Gasteiger partial charge in [-0.3, -0.25) is 14.5 Å². The number of piperazine rings is 1. The average Bonchev–Trinajstić information content (AvgIpc) is 2.76. The number of anilines is 1. The number of hydrogen-bond acceptors (Lipinski definition) is 4. The summed E-state index contributed by atoms with van der Waals surface area (Å²) >= 11 is 0. The van der Waals surface area contributed by atoms with Crippen LogP contribution in [-0.2, 0) is 6.54 Å². The zero-order chi connectivity index (χ0) is 19.3. The van der Waals surface area contributed by atoms with Gasteiger partial charge < -0.3 is 4.90 Å². The largest absolute Gasteiger partial charge is 0.329 e. The molecule has 1 fully saturated rings. The molecule has 1 aromatic carbocycles. The zero-order valence-electron chi connectivity index (χ0n) is 15.5. The second-order valence-electron chi connectivity index (χ2n) is 6.73. The Morgan fingerprint density at radius 1 is 0.929 bits per heavy atom. The maximum absolute atomic E-state index is 12.9. The quantitative estimate of drug-likeness (QED) is 0.683. The van der Waals surface area contributed by atoms with Gasteiger partial charge in [0.2, 0.25) is 0 Å². The van der Waals surface area contributed by atoms with Crippen molar-refractivity contribution in [3.8, 4) is 0 Å². The lowest BCUT2D eigenvalue weighted by molar-refractivity contribution is -0.364. The molecule has 0 saturated carbocycles. The molecule has 1 aliphatic rings. The molecule has 0 aliphatic carbocycles. The highest BCUT2D eigenvalue weighted by molar-refractivity contribution is 5.92. The fraction of sp³-hybridized carbons (Fsp3) is 0.238. The van der Waals surface area contributed by atoms with E-state index in [-0.39, 0.29) is 11.5 Å². The van der Waals surface area contributed by atoms with Crippen molar-refractivity contribution in [1.29, 1.82) is 0 Å². The predicted molar refractivity (Wildman–Crippen MR) is 105 cm³/mol. The van der Waals surface area contributed by atoms with Crippen LogP contribution in [0.3, 0.4) is 0 Å². The van der Waals surface area contributed by atoms with Crippen LogP contribution in [0.25, 0.3) is 0 Å². The van der Waals surface area contributed by atoms with Gasteiger partial charge in [0.05, 0.1) is 25.8 Å². The van der Waals surface area contributed by atoms with E-state index in [9.17, 15) is 9.59 Å². The number of pyridine rings is 1. The Bertz CT molecular complexity index is 996. The number of aromatic nitrogens is 3. The SMILES string of the molecule is O=C(c1ccc(=O)n(Cc2ccccc2)n1)N1CCN(c2cccc[nH+]2)CC1. The summed E-state index contributed by atoms with van der Waals surface area (Å²) in [6, 6.07) is 18.5. The first-order chi connectivity index (χ1) is 13.7. The van der Waals surface area contributed by atoms with E-state index in [4.69, 9.17) is 0 Å². The highest BCUT2D eigenvalue weighted by Gasteiger charge is 2.27. The van der Waals surface area contributed by atoms with Gasteiger partial charge in [0.1, 0.15) is 18.8 Å². The average molecular weight is 376 g/mol. The summed E-state index contributed by atoms with van der Waals surface area (Å²) in [6.45, 7) is 3.06. The first kappa shape index (κ1) is 17.9. The summed E-state index contributed by atoms with van der Waals surface area (Å²) in [6.07, 6.45) is 1.90. The third-order valence-electron chi connectivity index (χ3n) is 4.86. The van der Waals surface area contributed by atoms with Crippen molar-refractivity contribution in [1.82, 2.24) is 14.7 Å². The number of nitrogens with one attached hydrogen (secondary N) is 1. The highest BCUT2D eigenvalue weighted by atomic mass is 16.2. The number of aromatic amines is 1. The molecular formula is C21H22N5O2+. The molecule has 7 heteroatoms. The molecule has 0 unspecified atom stereocenters. The van der Waals surface area contributed by atoms with E-state index in [1.807, 2.05) is 54.7 Å². The van der Waals surface area contributed by atoms with Crippen LogP contribution in [0.5, 0.6) is 0 Å². The summed E-state index contributed by atoms with van der Waals surface area (Å²) in [5.74, 6) is 0.905. The Morgan fingerprint density at radius 2 is 1.68 bits per heavy atom. The van der Waals surface area contributed by atoms with Crippen molar-refractivity contribution in [3.05, 3.63) is 88.5 Å². The first-order valence-electron chi connectivity index (χ1n) is 9.34. The molecule has 7 nitrogen and oxygen atoms in total. The van der Waals surface area contributed by atoms with Crippen molar-refractivity contribution in [2.45, 2.75) is 6.54 Å². The van der Waals surface area contributed by atoms with Crippen LogP contribution in [-0.4, -0.2) is 46.8 Å². The van der Waals surface area contributed by atoms with Crippen LogP contribution in [0.4, 0.5) is 5.82 Å². The molecule has 0 atom stereocenters. The normalized spacial score (nSPS) is 14.1. The van der Waals surface area contributed by atoms with Gasteiger partial charge in [0, 0.05) is 12.1 Å². The molecule has 3 heterocycles. The Morgan fingerprint density at radius 3 is 2.39 bits per heavy atom. The molecule has 2 aromatic heterocycles. The van der Waals surface area contributed by atoms with E-state index in [0.29, 0.717) is 25.3 Å². The lowest BCUT2D eigenvalue weighted by Crippen LogP contribution is -2.50. The van der Waals surface area contributed by atoms with Gasteiger partial charge in [-0.1, -0.05) is 36.4 Å². The van der Waals surface area contributed by atoms with Gasteiger partial charge >= 0.3 is 0 Å². The summed E-state index contributed by atoms with van der Waals surface area (Å²) in [4.78, 5) is 32.2. The topological polar surface area (TPSA) is 72.6 Å². The fourth-order valence-corrected chi connectivity index (χ4v) is 3.33. The number of carbonyl (C=O) groups excluding carboxylic acids is 1. The molecule has 1 N–H and O–H groups in total. The molecule has 1 saturated heterocycles. The molecular weight excluding hydrogens is 354 g/mol. The minimum atomic E-state index is -0.218. The third kappa shape index (κ3) is 3.93. The number of carbonyl (C=O) groups is 1. The van der Waals surface area contributed by atoms with Crippen LogP contribution in [0, 0.1) is 0 Å². The molecule has 1 aliphatic heterocycles. The number of nitrogens with zero attached hydrogens (tertiary/aromatic N) is 4. The van der Waals surface area contributed by atoms with Crippen molar-refractivity contribution in [2.24, 2.45) is 0 Å². The minimum absolute atomic E-state index is 0.140. The van der Waals surface area contributed by atoms with Crippen LogP contribution in [0.15, 0.2) is 71.7 Å². The van der Waals surface area contributed by atoms with Crippen LogP contribution in [0.2, 0.25) is 0 Å². The van der Waals surface area contributed by atoms with Crippen molar-refractivity contribution >= 4 is 11.7 Å². The molecule has 4 rings (SSSR count). The molecule has 0 bridgehead atoms. The molecule has 0 radical (unpaired) electrons. The molecule has 0 spiro atoms. The standard InChI is InChI=1S/C21H21N5O2/c27-20-10-9-18(23-26(20)16-17-6-2-1-3-7-17)21(28)25-14-12-24(13-15-25)19-8-4-5-11-22-19/h1-11H,12-16H2/p+1. The van der Waals surface area contributed by atoms with Crippen LogP contribution < -0.4 is 15.4 Å². The van der Waals surface area contributed by atoms with Gasteiger partial charge in [-0.25, -0.2) is 9.67 Å². The van der Waals surface area contributed by atoms with Gasteiger partial charge in [0.25, 0.3) is 17.3 Å². The van der Waals surface area contributed by atoms with Gasteiger partial charge in [0.15, 0.2) is 0 Å². The number of rotatable bonds is 4. The number of benzene rings is 1. The smallest absolute Gasteiger partial charge is 0.274 e. The summed E-state index contributed by atoms with van der Waals surface area (Å²) in [7, 11) is 0. The second kappa shape index (κ2) is 8.04. The molecule has 28 heavy (non-hydrogen) atoms. The Kier molecular flexibility index (Phi) is 5.14. The van der Waals surface area contributed by atoms with Crippen molar-refractivity contribution < 1.29 is 9.78 Å². The lowest BCUT2D eigenvalue weighted by atomic mass is 10.2. The van der Waals surface area contributed by atoms with Gasteiger partial charge in [-0.15, -0.1) is 0 Å². The molecule has 3 aromatic rings. The predicted octanol–water partition coefficient (Wildman–Crippen LogP) is 1.07. The lowest BCUT2D eigenvalue weighted by Gasteiger charge is -2.30. The van der Waals surface area contributed by atoms with Gasteiger partial charge in [-0.05, 0) is 17.7 Å². The van der Waals surface area contributed by atoms with Crippen LogP contribution >= 0.6 is 0 Å². The Balaban J connectivity index is 1.45. The zero-order valence-corrected chi connectivity index (χ0v) is 15.5. The third-order valence-corrected chi connectivity index (χ3v) is 4.86. The number of H-pyrrole nitrogens is 1. The van der Waals surface area contributed by atoms with Crippen molar-refractivity contribution in [3.63, 3.8) is 0 Å². The minimum Gasteiger partial charge on any atom is -0.329 e. The monoisotopic (exact) mass is 376 g/mol. The highest BCUT2D eigenvalue weighted by Crippen LogP contribution is 2.11. The van der Waals surface area contributed by atoms with E-state index in [0.717, 1.165) is 24.5 Å². The first-order valence-corrected chi connectivity index (χ1v) is 9.34. The Labute approximate surface area is 162 Å². The fourth-order valence-electron chi connectivity index (χ4n) is 3.33. The van der Waals surface area contributed by atoms with Crippen molar-refractivity contribution in [2.75, 3.05) is 31.1 Å². The number of amides is 1. The number of hydrogen-bond donors (Lipinski definition) is 0. The Hall–Kier alpha value is -3.48. The van der Waals surface area contributed by atoms with E-state index >= 15 is 0 Å². The maximum Gasteiger partial charge on any atom is 0.274 e. The van der Waals surface area contributed by atoms with E-state index in [1.165, 1.54) is 16.8 Å². The molecule has 1 amide bonds. The van der Waals surface area contributed by atoms with Crippen LogP contribution in [0.1, 0.15) is 16.1 Å². The maximum atomic E-state index is 12.9. The second-order valence-corrected chi connectivity index (χ2v) is 6.73. The van der Waals surface area contributed by atoms with E-state index in [1.54, 1.807) is 4.90 Å². The summed E-state index contributed by atoms with van der Waals surface area (Å²) < 4.78 is 1.34. The van der Waals surface area contributed by atoms with E-state index in [2.05, 4.69) is 15.0 Å².